The monoisotopic (exact) mass is 210 g/mol. The summed E-state index contributed by atoms with van der Waals surface area (Å²) in [6.45, 7) is 2.05. The lowest BCUT2D eigenvalue weighted by molar-refractivity contribution is 0.935. The van der Waals surface area contributed by atoms with E-state index in [0.29, 0.717) is 0 Å². The zero-order valence-corrected chi connectivity index (χ0v) is 7.67. The molecule has 11 heavy (non-hydrogen) atoms. The lowest BCUT2D eigenvalue weighted by Gasteiger charge is -1.95. The molecule has 0 saturated carbocycles. The number of aromatic nitrogens is 2. The second-order valence-corrected chi connectivity index (χ2v) is 3.29. The van der Waals surface area contributed by atoms with Crippen LogP contribution in [0.15, 0.2) is 29.0 Å². The van der Waals surface area contributed by atoms with E-state index in [1.807, 2.05) is 28.9 Å². The molecule has 0 spiro atoms. The fourth-order valence-electron chi connectivity index (χ4n) is 1.10. The molecule has 0 N–H and O–H groups in total. The zero-order chi connectivity index (χ0) is 7.84. The standard InChI is InChI=1S/C8H7BrN2/c1-6-5-10-11-7(6)3-2-4-8(11)9/h2-5H,1H3. The molecule has 0 fully saturated rings. The molecule has 0 saturated heterocycles. The molecule has 0 bridgehead atoms. The van der Waals surface area contributed by atoms with E-state index in [-0.39, 0.29) is 0 Å². The van der Waals surface area contributed by atoms with Gasteiger partial charge in [-0.15, -0.1) is 0 Å². The van der Waals surface area contributed by atoms with Crippen molar-refractivity contribution < 1.29 is 0 Å². The third-order valence-electron chi connectivity index (χ3n) is 1.69. The van der Waals surface area contributed by atoms with Gasteiger partial charge in [0.15, 0.2) is 0 Å². The highest BCUT2D eigenvalue weighted by Crippen LogP contribution is 2.15. The van der Waals surface area contributed by atoms with Gasteiger partial charge in [-0.05, 0) is 40.5 Å². The quantitative estimate of drug-likeness (QED) is 0.611. The Hall–Kier alpha value is -0.830. The van der Waals surface area contributed by atoms with Crippen molar-refractivity contribution in [2.75, 3.05) is 0 Å². The van der Waals surface area contributed by atoms with Crippen LogP contribution in [0.1, 0.15) is 5.56 Å². The van der Waals surface area contributed by atoms with E-state index < -0.39 is 0 Å². The number of fused-ring (bicyclic) bond motifs is 1. The molecule has 2 aromatic rings. The van der Waals surface area contributed by atoms with Crippen molar-refractivity contribution in [3.63, 3.8) is 0 Å². The second kappa shape index (κ2) is 2.34. The molecule has 0 aliphatic carbocycles. The highest BCUT2D eigenvalue weighted by Gasteiger charge is 1.99. The molecule has 0 atom stereocenters. The van der Waals surface area contributed by atoms with Crippen molar-refractivity contribution in [1.29, 1.82) is 0 Å². The molecule has 2 rings (SSSR count). The first-order chi connectivity index (χ1) is 5.29. The zero-order valence-electron chi connectivity index (χ0n) is 6.08. The number of nitrogens with zero attached hydrogens (tertiary/aromatic N) is 2. The maximum absolute atomic E-state index is 4.19. The molecule has 0 radical (unpaired) electrons. The number of aryl methyl sites for hydroxylation is 1. The summed E-state index contributed by atoms with van der Waals surface area (Å²) in [5, 5.41) is 4.19. The minimum atomic E-state index is 0.989. The van der Waals surface area contributed by atoms with Crippen LogP contribution in [0.5, 0.6) is 0 Å². The predicted octanol–water partition coefficient (Wildman–Crippen LogP) is 2.41. The summed E-state index contributed by atoms with van der Waals surface area (Å²) in [4.78, 5) is 0. The van der Waals surface area contributed by atoms with E-state index in [1.165, 1.54) is 5.56 Å². The summed E-state index contributed by atoms with van der Waals surface area (Å²) in [7, 11) is 0. The van der Waals surface area contributed by atoms with Crippen molar-refractivity contribution in [3.8, 4) is 0 Å². The Morgan fingerprint density at radius 3 is 3.00 bits per heavy atom. The maximum atomic E-state index is 4.19. The van der Waals surface area contributed by atoms with Gasteiger partial charge in [0, 0.05) is 0 Å². The van der Waals surface area contributed by atoms with Crippen molar-refractivity contribution in [1.82, 2.24) is 9.61 Å². The van der Waals surface area contributed by atoms with E-state index in [4.69, 9.17) is 0 Å². The minimum Gasteiger partial charge on any atom is -0.226 e. The molecule has 56 valence electrons. The number of rotatable bonds is 0. The van der Waals surface area contributed by atoms with Crippen LogP contribution in [0.3, 0.4) is 0 Å². The number of halogens is 1. The van der Waals surface area contributed by atoms with E-state index in [0.717, 1.165) is 10.1 Å². The van der Waals surface area contributed by atoms with Crippen LogP contribution < -0.4 is 0 Å². The van der Waals surface area contributed by atoms with Gasteiger partial charge in [-0.1, -0.05) is 6.07 Å². The third-order valence-corrected chi connectivity index (χ3v) is 2.29. The summed E-state index contributed by atoms with van der Waals surface area (Å²) in [5.41, 5.74) is 2.35. The Kier molecular flexibility index (Phi) is 1.46. The molecular weight excluding hydrogens is 204 g/mol. The molecule has 0 aliphatic rings. The summed E-state index contributed by atoms with van der Waals surface area (Å²) in [6.07, 6.45) is 1.86. The Bertz CT molecular complexity index is 392. The first kappa shape index (κ1) is 6.85. The topological polar surface area (TPSA) is 17.3 Å². The first-order valence-corrected chi connectivity index (χ1v) is 4.17. The second-order valence-electron chi connectivity index (χ2n) is 2.47. The smallest absolute Gasteiger partial charge is 0.108 e. The van der Waals surface area contributed by atoms with Gasteiger partial charge in [0.1, 0.15) is 4.60 Å². The highest BCUT2D eigenvalue weighted by atomic mass is 79.9. The fraction of sp³-hybridized carbons (Fsp3) is 0.125. The van der Waals surface area contributed by atoms with Gasteiger partial charge in [-0.25, -0.2) is 4.52 Å². The van der Waals surface area contributed by atoms with E-state index in [1.54, 1.807) is 0 Å². The lowest BCUT2D eigenvalue weighted by atomic mass is 10.3. The Balaban J connectivity index is 2.94. The maximum Gasteiger partial charge on any atom is 0.108 e. The molecular formula is C8H7BrN2. The van der Waals surface area contributed by atoms with Gasteiger partial charge in [0.2, 0.25) is 0 Å². The predicted molar refractivity (Wildman–Crippen MR) is 47.6 cm³/mol. The summed E-state index contributed by atoms with van der Waals surface area (Å²) >= 11 is 3.41. The normalized spacial score (nSPS) is 10.7. The molecule has 2 heterocycles. The molecule has 2 aromatic heterocycles. The van der Waals surface area contributed by atoms with E-state index in [2.05, 4.69) is 28.0 Å². The van der Waals surface area contributed by atoms with Crippen LogP contribution in [0.25, 0.3) is 5.52 Å². The molecule has 0 amide bonds. The number of pyridine rings is 1. The summed E-state index contributed by atoms with van der Waals surface area (Å²) < 4.78 is 2.86. The minimum absolute atomic E-state index is 0.989. The first-order valence-electron chi connectivity index (χ1n) is 3.38. The Morgan fingerprint density at radius 1 is 1.45 bits per heavy atom. The average Bonchev–Trinajstić information content (AvgIpc) is 2.35. The number of hydrogen-bond donors (Lipinski definition) is 0. The largest absolute Gasteiger partial charge is 0.226 e. The van der Waals surface area contributed by atoms with Gasteiger partial charge in [0.05, 0.1) is 11.7 Å². The molecule has 0 unspecified atom stereocenters. The lowest BCUT2D eigenvalue weighted by Crippen LogP contribution is -1.87. The van der Waals surface area contributed by atoms with Crippen molar-refractivity contribution in [2.45, 2.75) is 6.92 Å². The fourth-order valence-corrected chi connectivity index (χ4v) is 1.54. The molecule has 3 heteroatoms. The Labute approximate surface area is 73.0 Å². The van der Waals surface area contributed by atoms with Crippen LogP contribution in [-0.2, 0) is 0 Å². The van der Waals surface area contributed by atoms with Crippen molar-refractivity contribution >= 4 is 21.4 Å². The van der Waals surface area contributed by atoms with Gasteiger partial charge >= 0.3 is 0 Å². The van der Waals surface area contributed by atoms with E-state index in [9.17, 15) is 0 Å². The van der Waals surface area contributed by atoms with Gasteiger partial charge in [0.25, 0.3) is 0 Å². The van der Waals surface area contributed by atoms with E-state index >= 15 is 0 Å². The molecule has 0 aliphatic heterocycles. The highest BCUT2D eigenvalue weighted by molar-refractivity contribution is 9.10. The SMILES string of the molecule is Cc1cnn2c(Br)cccc12. The number of hydrogen-bond acceptors (Lipinski definition) is 1. The van der Waals surface area contributed by atoms with Crippen LogP contribution in [0.4, 0.5) is 0 Å². The van der Waals surface area contributed by atoms with Crippen molar-refractivity contribution in [2.24, 2.45) is 0 Å². The van der Waals surface area contributed by atoms with Gasteiger partial charge < -0.3 is 0 Å². The average molecular weight is 211 g/mol. The van der Waals surface area contributed by atoms with Crippen LogP contribution in [0, 0.1) is 6.92 Å². The summed E-state index contributed by atoms with van der Waals surface area (Å²) in [5.74, 6) is 0. The Morgan fingerprint density at radius 2 is 2.27 bits per heavy atom. The van der Waals surface area contributed by atoms with Crippen LogP contribution in [-0.4, -0.2) is 9.61 Å². The van der Waals surface area contributed by atoms with Crippen LogP contribution in [0.2, 0.25) is 0 Å². The van der Waals surface area contributed by atoms with Crippen LogP contribution >= 0.6 is 15.9 Å². The molecule has 0 aromatic carbocycles. The summed E-state index contributed by atoms with van der Waals surface area (Å²) in [6, 6.07) is 6.03. The van der Waals surface area contributed by atoms with Crippen molar-refractivity contribution in [3.05, 3.63) is 34.6 Å². The van der Waals surface area contributed by atoms with Gasteiger partial charge in [-0.3, -0.25) is 0 Å². The molecule has 2 nitrogen and oxygen atoms in total. The third kappa shape index (κ3) is 0.959. The van der Waals surface area contributed by atoms with Gasteiger partial charge in [-0.2, -0.15) is 5.10 Å².